The maximum absolute atomic E-state index is 8.94. The standard InChI is InChI=1S/C12H18BrNO2/c1-8(6-15)7-16-12-9(2)3-11(13)4-10(12)5-14/h3-4,8,15H,5-7,14H2,1-2H3. The molecule has 3 nitrogen and oxygen atoms in total. The molecule has 0 aliphatic heterocycles. The number of ether oxygens (including phenoxy) is 1. The third kappa shape index (κ3) is 3.47. The summed E-state index contributed by atoms with van der Waals surface area (Å²) in [6.45, 7) is 5.02. The maximum Gasteiger partial charge on any atom is 0.126 e. The number of aliphatic hydroxyl groups is 1. The molecule has 1 aromatic rings. The molecular formula is C12H18BrNO2. The van der Waals surface area contributed by atoms with E-state index in [1.165, 1.54) is 0 Å². The average molecular weight is 288 g/mol. The third-order valence-electron chi connectivity index (χ3n) is 2.36. The normalized spacial score (nSPS) is 12.6. The molecule has 0 heterocycles. The SMILES string of the molecule is Cc1cc(Br)cc(CN)c1OCC(C)CO. The molecule has 0 fully saturated rings. The lowest BCUT2D eigenvalue weighted by Crippen LogP contribution is -2.14. The van der Waals surface area contributed by atoms with Gasteiger partial charge in [0, 0.05) is 29.1 Å². The summed E-state index contributed by atoms with van der Waals surface area (Å²) in [7, 11) is 0. The molecule has 90 valence electrons. The van der Waals surface area contributed by atoms with Crippen LogP contribution in [0.25, 0.3) is 0 Å². The summed E-state index contributed by atoms with van der Waals surface area (Å²) in [5, 5.41) is 8.94. The molecule has 0 amide bonds. The van der Waals surface area contributed by atoms with Gasteiger partial charge >= 0.3 is 0 Å². The Morgan fingerprint density at radius 1 is 1.50 bits per heavy atom. The Balaban J connectivity index is 2.85. The van der Waals surface area contributed by atoms with Crippen LogP contribution in [0, 0.1) is 12.8 Å². The first kappa shape index (κ1) is 13.5. The summed E-state index contributed by atoms with van der Waals surface area (Å²) in [6, 6.07) is 3.96. The van der Waals surface area contributed by atoms with E-state index < -0.39 is 0 Å². The van der Waals surface area contributed by atoms with Gasteiger partial charge in [0.25, 0.3) is 0 Å². The maximum atomic E-state index is 8.94. The first-order valence-corrected chi connectivity index (χ1v) is 6.10. The fourth-order valence-corrected chi connectivity index (χ4v) is 2.06. The molecule has 3 N–H and O–H groups in total. The van der Waals surface area contributed by atoms with Crippen molar-refractivity contribution in [2.45, 2.75) is 20.4 Å². The van der Waals surface area contributed by atoms with Crippen LogP contribution >= 0.6 is 15.9 Å². The van der Waals surface area contributed by atoms with Gasteiger partial charge in [0.05, 0.1) is 6.61 Å². The second kappa shape index (κ2) is 6.23. The quantitative estimate of drug-likeness (QED) is 0.873. The Hall–Kier alpha value is -0.580. The minimum absolute atomic E-state index is 0.132. The predicted octanol–water partition coefficient (Wildman–Crippen LogP) is 2.22. The van der Waals surface area contributed by atoms with Gasteiger partial charge in [0.2, 0.25) is 0 Å². The molecule has 0 bridgehead atoms. The van der Waals surface area contributed by atoms with Gasteiger partial charge in [-0.1, -0.05) is 22.9 Å². The van der Waals surface area contributed by atoms with Gasteiger partial charge in [0.15, 0.2) is 0 Å². The highest BCUT2D eigenvalue weighted by Crippen LogP contribution is 2.28. The first-order chi connectivity index (χ1) is 7.58. The van der Waals surface area contributed by atoms with Gasteiger partial charge in [0.1, 0.15) is 5.75 Å². The van der Waals surface area contributed by atoms with E-state index in [1.54, 1.807) is 0 Å². The molecule has 1 rings (SSSR count). The number of hydrogen-bond acceptors (Lipinski definition) is 3. The lowest BCUT2D eigenvalue weighted by Gasteiger charge is -2.16. The molecule has 0 spiro atoms. The number of aliphatic hydroxyl groups excluding tert-OH is 1. The van der Waals surface area contributed by atoms with Crippen molar-refractivity contribution in [2.24, 2.45) is 11.7 Å². The van der Waals surface area contributed by atoms with Crippen LogP contribution in [-0.4, -0.2) is 18.3 Å². The number of aryl methyl sites for hydroxylation is 1. The molecule has 0 aliphatic rings. The van der Waals surface area contributed by atoms with E-state index in [1.807, 2.05) is 26.0 Å². The molecule has 0 saturated heterocycles. The zero-order valence-corrected chi connectivity index (χ0v) is 11.3. The Bertz CT molecular complexity index is 355. The Morgan fingerprint density at radius 2 is 2.19 bits per heavy atom. The number of hydrogen-bond donors (Lipinski definition) is 2. The van der Waals surface area contributed by atoms with Crippen molar-refractivity contribution in [3.63, 3.8) is 0 Å². The van der Waals surface area contributed by atoms with Crippen LogP contribution < -0.4 is 10.5 Å². The van der Waals surface area contributed by atoms with E-state index in [4.69, 9.17) is 15.6 Å². The lowest BCUT2D eigenvalue weighted by molar-refractivity contribution is 0.173. The van der Waals surface area contributed by atoms with Crippen LogP contribution in [0.2, 0.25) is 0 Å². The summed E-state index contributed by atoms with van der Waals surface area (Å²) in [4.78, 5) is 0. The highest BCUT2D eigenvalue weighted by molar-refractivity contribution is 9.10. The molecule has 1 atom stereocenters. The average Bonchev–Trinajstić information content (AvgIpc) is 2.26. The summed E-state index contributed by atoms with van der Waals surface area (Å²) >= 11 is 3.43. The molecule has 1 aromatic carbocycles. The molecule has 4 heteroatoms. The number of benzene rings is 1. The van der Waals surface area contributed by atoms with Gasteiger partial charge in [-0.3, -0.25) is 0 Å². The highest BCUT2D eigenvalue weighted by atomic mass is 79.9. The van der Waals surface area contributed by atoms with Crippen molar-refractivity contribution in [2.75, 3.05) is 13.2 Å². The summed E-state index contributed by atoms with van der Waals surface area (Å²) in [6.07, 6.45) is 0. The van der Waals surface area contributed by atoms with E-state index >= 15 is 0 Å². The fraction of sp³-hybridized carbons (Fsp3) is 0.500. The lowest BCUT2D eigenvalue weighted by atomic mass is 10.1. The zero-order chi connectivity index (χ0) is 12.1. The first-order valence-electron chi connectivity index (χ1n) is 5.31. The van der Waals surface area contributed by atoms with Crippen LogP contribution in [0.1, 0.15) is 18.1 Å². The summed E-state index contributed by atoms with van der Waals surface area (Å²) in [5.74, 6) is 0.972. The molecular weight excluding hydrogens is 270 g/mol. The van der Waals surface area contributed by atoms with E-state index in [9.17, 15) is 0 Å². The van der Waals surface area contributed by atoms with Crippen LogP contribution in [0.3, 0.4) is 0 Å². The second-order valence-corrected chi connectivity index (χ2v) is 4.93. The van der Waals surface area contributed by atoms with Crippen molar-refractivity contribution in [3.8, 4) is 5.75 Å². The van der Waals surface area contributed by atoms with Gasteiger partial charge in [-0.2, -0.15) is 0 Å². The van der Waals surface area contributed by atoms with Gasteiger partial charge in [-0.25, -0.2) is 0 Å². The largest absolute Gasteiger partial charge is 0.493 e. The topological polar surface area (TPSA) is 55.5 Å². The minimum atomic E-state index is 0.132. The van der Waals surface area contributed by atoms with E-state index in [0.29, 0.717) is 13.2 Å². The van der Waals surface area contributed by atoms with Crippen molar-refractivity contribution in [3.05, 3.63) is 27.7 Å². The van der Waals surface area contributed by atoms with E-state index in [-0.39, 0.29) is 12.5 Å². The Kier molecular flexibility index (Phi) is 5.25. The molecule has 1 unspecified atom stereocenters. The summed E-state index contributed by atoms with van der Waals surface area (Å²) in [5.41, 5.74) is 7.72. The fourth-order valence-electron chi connectivity index (χ4n) is 1.44. The zero-order valence-electron chi connectivity index (χ0n) is 9.66. The molecule has 0 aromatic heterocycles. The number of nitrogens with two attached hydrogens (primary N) is 1. The van der Waals surface area contributed by atoms with Gasteiger partial charge < -0.3 is 15.6 Å². The molecule has 16 heavy (non-hydrogen) atoms. The van der Waals surface area contributed by atoms with Gasteiger partial charge in [-0.05, 0) is 24.6 Å². The van der Waals surface area contributed by atoms with Crippen LogP contribution in [-0.2, 0) is 6.54 Å². The van der Waals surface area contributed by atoms with E-state index in [2.05, 4.69) is 15.9 Å². The smallest absolute Gasteiger partial charge is 0.126 e. The number of halogens is 1. The number of rotatable bonds is 5. The monoisotopic (exact) mass is 287 g/mol. The van der Waals surface area contributed by atoms with E-state index in [0.717, 1.165) is 21.3 Å². The summed E-state index contributed by atoms with van der Waals surface area (Å²) < 4.78 is 6.71. The Morgan fingerprint density at radius 3 is 2.75 bits per heavy atom. The van der Waals surface area contributed by atoms with Crippen LogP contribution in [0.5, 0.6) is 5.75 Å². The Labute approximate surface area is 105 Å². The minimum Gasteiger partial charge on any atom is -0.493 e. The molecule has 0 aliphatic carbocycles. The van der Waals surface area contributed by atoms with Crippen LogP contribution in [0.15, 0.2) is 16.6 Å². The second-order valence-electron chi connectivity index (χ2n) is 4.01. The van der Waals surface area contributed by atoms with Gasteiger partial charge in [-0.15, -0.1) is 0 Å². The molecule has 0 radical (unpaired) electrons. The van der Waals surface area contributed by atoms with Crippen molar-refractivity contribution >= 4 is 15.9 Å². The van der Waals surface area contributed by atoms with Crippen molar-refractivity contribution < 1.29 is 9.84 Å². The third-order valence-corrected chi connectivity index (χ3v) is 2.82. The van der Waals surface area contributed by atoms with Crippen molar-refractivity contribution in [1.29, 1.82) is 0 Å². The van der Waals surface area contributed by atoms with Crippen LogP contribution in [0.4, 0.5) is 0 Å². The van der Waals surface area contributed by atoms with Crippen molar-refractivity contribution in [1.82, 2.24) is 0 Å². The predicted molar refractivity (Wildman–Crippen MR) is 68.5 cm³/mol. The molecule has 0 saturated carbocycles. The highest BCUT2D eigenvalue weighted by Gasteiger charge is 2.09.